The Labute approximate surface area is 118 Å². The SMILES string of the molecule is C/C(=N\NS(=O)(=O)c1cc(C)ccc1C)c1ccco1. The largest absolute Gasteiger partial charge is 0.463 e. The van der Waals surface area contributed by atoms with Crippen molar-refractivity contribution in [2.45, 2.75) is 25.7 Å². The maximum absolute atomic E-state index is 12.2. The minimum absolute atomic E-state index is 0.230. The van der Waals surface area contributed by atoms with Crippen molar-refractivity contribution in [2.75, 3.05) is 0 Å². The lowest BCUT2D eigenvalue weighted by molar-refractivity contribution is 0.556. The summed E-state index contributed by atoms with van der Waals surface area (Å²) in [5.74, 6) is 0.522. The van der Waals surface area contributed by atoms with Gasteiger partial charge in [-0.15, -0.1) is 0 Å². The Morgan fingerprint density at radius 3 is 2.65 bits per heavy atom. The maximum atomic E-state index is 12.2. The molecular formula is C14H16N2O3S. The topological polar surface area (TPSA) is 71.7 Å². The van der Waals surface area contributed by atoms with Gasteiger partial charge in [-0.1, -0.05) is 12.1 Å². The summed E-state index contributed by atoms with van der Waals surface area (Å²) in [6.07, 6.45) is 1.51. The molecule has 20 heavy (non-hydrogen) atoms. The first kappa shape index (κ1) is 14.3. The van der Waals surface area contributed by atoms with Crippen LogP contribution in [0.1, 0.15) is 23.8 Å². The molecule has 1 heterocycles. The minimum Gasteiger partial charge on any atom is -0.463 e. The molecule has 1 aromatic heterocycles. The van der Waals surface area contributed by atoms with E-state index in [9.17, 15) is 8.42 Å². The predicted octanol–water partition coefficient (Wildman–Crippen LogP) is 2.60. The van der Waals surface area contributed by atoms with Crippen LogP contribution >= 0.6 is 0 Å². The zero-order chi connectivity index (χ0) is 14.8. The van der Waals surface area contributed by atoms with Crippen LogP contribution in [0.2, 0.25) is 0 Å². The molecular weight excluding hydrogens is 276 g/mol. The number of rotatable bonds is 4. The molecule has 2 aromatic rings. The average molecular weight is 292 g/mol. The molecule has 106 valence electrons. The van der Waals surface area contributed by atoms with Gasteiger partial charge < -0.3 is 4.42 Å². The lowest BCUT2D eigenvalue weighted by Crippen LogP contribution is -2.20. The van der Waals surface area contributed by atoms with Gasteiger partial charge in [0.1, 0.15) is 11.5 Å². The number of nitrogens with one attached hydrogen (secondary N) is 1. The highest BCUT2D eigenvalue weighted by atomic mass is 32.2. The molecule has 0 aliphatic heterocycles. The van der Waals surface area contributed by atoms with Crippen LogP contribution in [0, 0.1) is 13.8 Å². The Kier molecular flexibility index (Phi) is 3.94. The number of hydrogen-bond donors (Lipinski definition) is 1. The van der Waals surface area contributed by atoms with Crippen molar-refractivity contribution in [3.8, 4) is 0 Å². The third-order valence-corrected chi connectivity index (χ3v) is 4.19. The van der Waals surface area contributed by atoms with E-state index < -0.39 is 10.0 Å². The van der Waals surface area contributed by atoms with Crippen LogP contribution in [0.3, 0.4) is 0 Å². The zero-order valence-corrected chi connectivity index (χ0v) is 12.4. The second kappa shape index (κ2) is 5.50. The Hall–Kier alpha value is -2.08. The van der Waals surface area contributed by atoms with Gasteiger partial charge in [-0.3, -0.25) is 0 Å². The van der Waals surface area contributed by atoms with E-state index in [1.54, 1.807) is 38.1 Å². The summed E-state index contributed by atoms with van der Waals surface area (Å²) in [6.45, 7) is 5.26. The quantitative estimate of drug-likeness (QED) is 0.695. The zero-order valence-electron chi connectivity index (χ0n) is 11.5. The van der Waals surface area contributed by atoms with E-state index in [1.807, 2.05) is 13.0 Å². The molecule has 5 nitrogen and oxygen atoms in total. The molecule has 0 saturated carbocycles. The van der Waals surface area contributed by atoms with Gasteiger partial charge in [-0.25, -0.2) is 0 Å². The number of nitrogens with zero attached hydrogens (tertiary/aromatic N) is 1. The summed E-state index contributed by atoms with van der Waals surface area (Å²) >= 11 is 0. The fourth-order valence-electron chi connectivity index (χ4n) is 1.71. The van der Waals surface area contributed by atoms with Crippen LogP contribution in [-0.4, -0.2) is 14.1 Å². The van der Waals surface area contributed by atoms with Crippen molar-refractivity contribution >= 4 is 15.7 Å². The first-order chi connectivity index (χ1) is 9.40. The summed E-state index contributed by atoms with van der Waals surface area (Å²) in [5.41, 5.74) is 2.01. The number of furan rings is 1. The summed E-state index contributed by atoms with van der Waals surface area (Å²) in [4.78, 5) is 2.46. The molecule has 0 radical (unpaired) electrons. The molecule has 0 aliphatic rings. The van der Waals surface area contributed by atoms with Crippen LogP contribution < -0.4 is 4.83 Å². The van der Waals surface area contributed by atoms with E-state index in [0.717, 1.165) is 5.56 Å². The van der Waals surface area contributed by atoms with E-state index in [0.29, 0.717) is 17.0 Å². The van der Waals surface area contributed by atoms with Crippen LogP contribution in [0.15, 0.2) is 51.0 Å². The Morgan fingerprint density at radius 2 is 2.00 bits per heavy atom. The number of hydrazone groups is 1. The number of sulfonamides is 1. The Morgan fingerprint density at radius 1 is 1.25 bits per heavy atom. The number of benzene rings is 1. The lowest BCUT2D eigenvalue weighted by Gasteiger charge is -2.08. The minimum atomic E-state index is -3.68. The Balaban J connectivity index is 2.28. The molecule has 0 spiro atoms. The molecule has 1 aromatic carbocycles. The molecule has 0 amide bonds. The summed E-state index contributed by atoms with van der Waals surface area (Å²) in [6, 6.07) is 8.69. The van der Waals surface area contributed by atoms with Crippen molar-refractivity contribution in [1.29, 1.82) is 0 Å². The molecule has 2 rings (SSSR count). The fourth-order valence-corrected chi connectivity index (χ4v) is 2.90. The third-order valence-electron chi connectivity index (χ3n) is 2.84. The smallest absolute Gasteiger partial charge is 0.276 e. The van der Waals surface area contributed by atoms with E-state index in [-0.39, 0.29) is 4.90 Å². The van der Waals surface area contributed by atoms with Gasteiger partial charge in [0.2, 0.25) is 0 Å². The third kappa shape index (κ3) is 3.08. The van der Waals surface area contributed by atoms with Crippen molar-refractivity contribution < 1.29 is 12.8 Å². The molecule has 0 saturated heterocycles. The molecule has 6 heteroatoms. The van der Waals surface area contributed by atoms with Gasteiger partial charge in [-0.2, -0.15) is 18.4 Å². The van der Waals surface area contributed by atoms with E-state index in [2.05, 4.69) is 9.93 Å². The average Bonchev–Trinajstić information content (AvgIpc) is 2.93. The highest BCUT2D eigenvalue weighted by molar-refractivity contribution is 7.89. The van der Waals surface area contributed by atoms with E-state index >= 15 is 0 Å². The maximum Gasteiger partial charge on any atom is 0.276 e. The molecule has 0 aliphatic carbocycles. The molecule has 0 unspecified atom stereocenters. The second-order valence-electron chi connectivity index (χ2n) is 4.54. The molecule has 1 N–H and O–H groups in total. The molecule has 0 atom stereocenters. The summed E-state index contributed by atoms with van der Waals surface area (Å²) in [7, 11) is -3.68. The number of hydrogen-bond acceptors (Lipinski definition) is 4. The monoisotopic (exact) mass is 292 g/mol. The first-order valence-electron chi connectivity index (χ1n) is 6.07. The van der Waals surface area contributed by atoms with E-state index in [4.69, 9.17) is 4.42 Å². The molecule has 0 bridgehead atoms. The van der Waals surface area contributed by atoms with Crippen LogP contribution in [-0.2, 0) is 10.0 Å². The van der Waals surface area contributed by atoms with Crippen molar-refractivity contribution in [3.63, 3.8) is 0 Å². The number of aryl methyl sites for hydroxylation is 2. The first-order valence-corrected chi connectivity index (χ1v) is 7.56. The van der Waals surface area contributed by atoms with Crippen LogP contribution in [0.5, 0.6) is 0 Å². The molecule has 0 fully saturated rings. The standard InChI is InChI=1S/C14H16N2O3S/c1-10-6-7-11(2)14(9-10)20(17,18)16-15-12(3)13-5-4-8-19-13/h4-9,16H,1-3H3/b15-12+. The lowest BCUT2D eigenvalue weighted by atomic mass is 10.2. The van der Waals surface area contributed by atoms with Crippen LogP contribution in [0.4, 0.5) is 0 Å². The van der Waals surface area contributed by atoms with Crippen molar-refractivity contribution in [2.24, 2.45) is 5.10 Å². The van der Waals surface area contributed by atoms with Crippen molar-refractivity contribution in [1.82, 2.24) is 4.83 Å². The van der Waals surface area contributed by atoms with Gasteiger partial charge in [0.15, 0.2) is 0 Å². The van der Waals surface area contributed by atoms with Gasteiger partial charge in [-0.05, 0) is 50.1 Å². The fraction of sp³-hybridized carbons (Fsp3) is 0.214. The van der Waals surface area contributed by atoms with Gasteiger partial charge >= 0.3 is 0 Å². The van der Waals surface area contributed by atoms with Crippen LogP contribution in [0.25, 0.3) is 0 Å². The Bertz CT molecular complexity index is 732. The summed E-state index contributed by atoms with van der Waals surface area (Å²) in [5, 5.41) is 3.87. The normalized spacial score (nSPS) is 12.4. The van der Waals surface area contributed by atoms with Crippen molar-refractivity contribution in [3.05, 3.63) is 53.5 Å². The highest BCUT2D eigenvalue weighted by Gasteiger charge is 2.16. The second-order valence-corrected chi connectivity index (χ2v) is 6.17. The predicted molar refractivity (Wildman–Crippen MR) is 77.2 cm³/mol. The summed E-state index contributed by atoms with van der Waals surface area (Å²) < 4.78 is 29.6. The van der Waals surface area contributed by atoms with Gasteiger partial charge in [0.25, 0.3) is 10.0 Å². The van der Waals surface area contributed by atoms with E-state index in [1.165, 1.54) is 6.26 Å². The van der Waals surface area contributed by atoms with Gasteiger partial charge in [0, 0.05) is 0 Å². The van der Waals surface area contributed by atoms with Gasteiger partial charge in [0.05, 0.1) is 11.2 Å². The highest BCUT2D eigenvalue weighted by Crippen LogP contribution is 2.16.